The van der Waals surface area contributed by atoms with Crippen molar-refractivity contribution in [2.24, 2.45) is 9.86 Å². The van der Waals surface area contributed by atoms with Crippen molar-refractivity contribution in [3.05, 3.63) is 71.0 Å². The van der Waals surface area contributed by atoms with E-state index >= 15 is 0 Å². The first kappa shape index (κ1) is 24.4. The number of hydrogen-bond donors (Lipinski definition) is 1. The summed E-state index contributed by atoms with van der Waals surface area (Å²) in [5.41, 5.74) is 3.77. The van der Waals surface area contributed by atoms with Crippen LogP contribution in [0.1, 0.15) is 37.2 Å². The monoisotopic (exact) mass is 485 g/mol. The third-order valence-electron chi connectivity index (χ3n) is 4.50. The minimum Gasteiger partial charge on any atom is -0.311 e. The fourth-order valence-corrected chi connectivity index (χ4v) is 5.27. The van der Waals surface area contributed by atoms with Gasteiger partial charge in [-0.05, 0) is 35.8 Å². The minimum absolute atomic E-state index is 0.0472. The van der Waals surface area contributed by atoms with Crippen LogP contribution in [0.5, 0.6) is 0 Å². The Morgan fingerprint density at radius 2 is 1.70 bits per heavy atom. The Morgan fingerprint density at radius 1 is 1.06 bits per heavy atom. The zero-order valence-corrected chi connectivity index (χ0v) is 20.2. The maximum atomic E-state index is 13.8. The highest BCUT2D eigenvalue weighted by atomic mass is 32.1. The highest BCUT2D eigenvalue weighted by molar-refractivity contribution is 7.78. The van der Waals surface area contributed by atoms with Crippen molar-refractivity contribution in [3.63, 3.8) is 0 Å². The van der Waals surface area contributed by atoms with Crippen LogP contribution in [-0.2, 0) is 13.9 Å². The summed E-state index contributed by atoms with van der Waals surface area (Å²) in [6, 6.07) is 18.1. The quantitative estimate of drug-likeness (QED) is 0.193. The largest absolute Gasteiger partial charge is 0.369 e. The molecule has 11 heteroatoms. The van der Waals surface area contributed by atoms with Crippen molar-refractivity contribution in [2.45, 2.75) is 26.7 Å². The van der Waals surface area contributed by atoms with Gasteiger partial charge in [0, 0.05) is 20.0 Å². The molecule has 33 heavy (non-hydrogen) atoms. The first-order valence-corrected chi connectivity index (χ1v) is 12.6. The van der Waals surface area contributed by atoms with E-state index in [1.54, 1.807) is 38.1 Å². The van der Waals surface area contributed by atoms with Gasteiger partial charge in [-0.25, -0.2) is 0 Å². The van der Waals surface area contributed by atoms with E-state index in [2.05, 4.69) is 20.4 Å². The zero-order chi connectivity index (χ0) is 23.8. The van der Waals surface area contributed by atoms with Crippen LogP contribution in [0.3, 0.4) is 0 Å². The van der Waals surface area contributed by atoms with Gasteiger partial charge >= 0.3 is 7.52 Å². The van der Waals surface area contributed by atoms with Crippen molar-refractivity contribution in [3.8, 4) is 5.69 Å². The fraction of sp³-hybridized carbons (Fsp3) is 0.227. The predicted molar refractivity (Wildman–Crippen MR) is 129 cm³/mol. The second-order valence-corrected chi connectivity index (χ2v) is 9.67. The zero-order valence-electron chi connectivity index (χ0n) is 18.5. The first-order valence-electron chi connectivity index (χ1n) is 10.3. The van der Waals surface area contributed by atoms with Gasteiger partial charge in [-0.3, -0.25) is 19.6 Å². The molecule has 3 rings (SSSR count). The summed E-state index contributed by atoms with van der Waals surface area (Å²) in [4.78, 5) is 25.2. The Bertz CT molecular complexity index is 1270. The highest BCUT2D eigenvalue weighted by Crippen LogP contribution is 2.49. The number of Topliss-reactive ketones (excluding diaryl/α,β-unsaturated/α-hetero) is 2. The number of ketones is 2. The number of carbonyl (C=O) groups is 2. The summed E-state index contributed by atoms with van der Waals surface area (Å²) in [7, 11) is -2.94. The standard InChI is InChI=1S/C22H24N5O4PS/c1-4-18(28)20-22(33-27(25-20)17-14-10-7-11-15-17)26-32(30,31-3)21(19(29)5-2)24-23-16-12-8-6-9-13-16/h6-15,23H,4-5H2,1-3H3/b24-21-,26-22?/t32-/m1/s1. The molecule has 0 aliphatic rings. The Balaban J connectivity index is 2.15. The molecule has 0 saturated carbocycles. The summed E-state index contributed by atoms with van der Waals surface area (Å²) in [5.74, 6) is -0.763. The lowest BCUT2D eigenvalue weighted by Gasteiger charge is -2.12. The van der Waals surface area contributed by atoms with E-state index in [0.717, 1.165) is 11.5 Å². The molecule has 0 amide bonds. The van der Waals surface area contributed by atoms with Crippen molar-refractivity contribution in [1.29, 1.82) is 0 Å². The molecule has 9 nitrogen and oxygen atoms in total. The lowest BCUT2D eigenvalue weighted by atomic mass is 10.2. The van der Waals surface area contributed by atoms with E-state index in [0.29, 0.717) is 11.4 Å². The van der Waals surface area contributed by atoms with Gasteiger partial charge in [0.1, 0.15) is 0 Å². The Hall–Kier alpha value is -3.20. The molecular weight excluding hydrogens is 461 g/mol. The molecule has 1 aromatic heterocycles. The third-order valence-corrected chi connectivity index (χ3v) is 7.40. The number of benzene rings is 2. The Labute approximate surface area is 195 Å². The molecule has 172 valence electrons. The van der Waals surface area contributed by atoms with Gasteiger partial charge in [0.15, 0.2) is 21.9 Å². The van der Waals surface area contributed by atoms with Crippen molar-refractivity contribution < 1.29 is 18.7 Å². The van der Waals surface area contributed by atoms with Gasteiger partial charge in [-0.1, -0.05) is 50.2 Å². The second-order valence-electron chi connectivity index (χ2n) is 6.72. The van der Waals surface area contributed by atoms with Gasteiger partial charge in [0.05, 0.1) is 11.4 Å². The summed E-state index contributed by atoms with van der Waals surface area (Å²) in [6.45, 7) is 3.33. The molecule has 1 atom stereocenters. The second kappa shape index (κ2) is 11.1. The third kappa shape index (κ3) is 5.78. The molecular formula is C22H24N5O4PS. The van der Waals surface area contributed by atoms with E-state index in [-0.39, 0.29) is 34.4 Å². The van der Waals surface area contributed by atoms with E-state index in [1.165, 1.54) is 11.2 Å². The number of nitrogens with one attached hydrogen (secondary N) is 1. The van der Waals surface area contributed by atoms with E-state index in [1.807, 2.05) is 36.4 Å². The maximum absolute atomic E-state index is 13.8. The molecule has 0 aliphatic carbocycles. The number of carbonyl (C=O) groups excluding carboxylic acids is 2. The number of para-hydroxylation sites is 2. The molecule has 0 spiro atoms. The number of anilines is 1. The molecule has 1 heterocycles. The SMILES string of the molecule is CCC(=O)/C(=N/Nc1ccccc1)[P@](=O)(N=c1sn(-c2ccccc2)nc1C(=O)CC)OC. The van der Waals surface area contributed by atoms with Crippen molar-refractivity contribution in [2.75, 3.05) is 12.5 Å². The van der Waals surface area contributed by atoms with Crippen LogP contribution in [0.2, 0.25) is 0 Å². The topological polar surface area (TPSA) is 115 Å². The minimum atomic E-state index is -4.13. The lowest BCUT2D eigenvalue weighted by Crippen LogP contribution is -2.18. The molecule has 0 radical (unpaired) electrons. The molecule has 2 aromatic carbocycles. The van der Waals surface area contributed by atoms with Gasteiger partial charge in [0.2, 0.25) is 5.45 Å². The lowest BCUT2D eigenvalue weighted by molar-refractivity contribution is -0.112. The average Bonchev–Trinajstić information content (AvgIpc) is 3.28. The van der Waals surface area contributed by atoms with E-state index in [9.17, 15) is 14.2 Å². The number of aromatic nitrogens is 2. The summed E-state index contributed by atoms with van der Waals surface area (Å²) in [6.07, 6.45) is 0.231. The number of hydrogen-bond acceptors (Lipinski definition) is 8. The number of hydrazone groups is 1. The van der Waals surface area contributed by atoms with Crippen LogP contribution in [0.15, 0.2) is 70.5 Å². The first-order chi connectivity index (χ1) is 15.9. The van der Waals surface area contributed by atoms with Gasteiger partial charge in [0.25, 0.3) is 0 Å². The van der Waals surface area contributed by atoms with Crippen LogP contribution in [0, 0.1) is 0 Å². The Kier molecular flexibility index (Phi) is 8.21. The van der Waals surface area contributed by atoms with Crippen LogP contribution < -0.4 is 10.1 Å². The molecule has 0 fully saturated rings. The molecule has 0 bridgehead atoms. The van der Waals surface area contributed by atoms with Gasteiger partial charge < -0.3 is 4.52 Å². The maximum Gasteiger partial charge on any atom is 0.369 e. The molecule has 0 saturated heterocycles. The van der Waals surface area contributed by atoms with Crippen molar-refractivity contribution in [1.82, 2.24) is 9.17 Å². The summed E-state index contributed by atoms with van der Waals surface area (Å²) >= 11 is 1.03. The van der Waals surface area contributed by atoms with Crippen molar-refractivity contribution >= 4 is 41.8 Å². The smallest absolute Gasteiger partial charge is 0.311 e. The normalized spacial score (nSPS) is 14.0. The molecule has 0 aliphatic heterocycles. The summed E-state index contributed by atoms with van der Waals surface area (Å²) in [5, 5.41) is 8.45. The molecule has 1 N–H and O–H groups in total. The predicted octanol–water partition coefficient (Wildman–Crippen LogP) is 4.67. The van der Waals surface area contributed by atoms with Crippen LogP contribution in [0.4, 0.5) is 5.69 Å². The number of rotatable bonds is 10. The fourth-order valence-electron chi connectivity index (χ4n) is 2.72. The Morgan fingerprint density at radius 3 is 2.27 bits per heavy atom. The van der Waals surface area contributed by atoms with E-state index in [4.69, 9.17) is 4.52 Å². The highest BCUT2D eigenvalue weighted by Gasteiger charge is 2.35. The molecule has 0 unspecified atom stereocenters. The van der Waals surface area contributed by atoms with E-state index < -0.39 is 13.3 Å². The van der Waals surface area contributed by atoms with Gasteiger partial charge in [-0.15, -0.1) is 0 Å². The summed E-state index contributed by atoms with van der Waals surface area (Å²) < 4.78 is 24.9. The average molecular weight is 486 g/mol. The van der Waals surface area contributed by atoms with Crippen LogP contribution in [0.25, 0.3) is 5.69 Å². The van der Waals surface area contributed by atoms with Crippen LogP contribution >= 0.6 is 19.1 Å². The van der Waals surface area contributed by atoms with Gasteiger partial charge in [-0.2, -0.15) is 19.0 Å². The number of nitrogens with zero attached hydrogens (tertiary/aromatic N) is 4. The van der Waals surface area contributed by atoms with Crippen LogP contribution in [-0.4, -0.2) is 33.3 Å². The molecule has 3 aromatic rings.